The van der Waals surface area contributed by atoms with E-state index in [4.69, 9.17) is 14.6 Å². The summed E-state index contributed by atoms with van der Waals surface area (Å²) in [7, 11) is 3.22. The third-order valence-corrected chi connectivity index (χ3v) is 3.21. The third-order valence-electron chi connectivity index (χ3n) is 3.21. The van der Waals surface area contributed by atoms with Gasteiger partial charge < -0.3 is 19.5 Å². The molecule has 0 unspecified atom stereocenters. The van der Waals surface area contributed by atoms with Crippen LogP contribution in [-0.2, 0) is 4.79 Å². The molecule has 1 aromatic rings. The first-order valence-electron chi connectivity index (χ1n) is 6.05. The van der Waals surface area contributed by atoms with Crippen LogP contribution in [0, 0.1) is 0 Å². The lowest BCUT2D eigenvalue weighted by atomic mass is 10.1. The summed E-state index contributed by atoms with van der Waals surface area (Å²) in [5, 5.41) is 8.94. The Balaban J connectivity index is 2.22. The second-order valence-electron chi connectivity index (χ2n) is 4.27. The van der Waals surface area contributed by atoms with Crippen molar-refractivity contribution >= 4 is 11.7 Å². The Morgan fingerprint density at radius 1 is 1.32 bits per heavy atom. The van der Waals surface area contributed by atoms with Crippen LogP contribution in [0.25, 0.3) is 0 Å². The summed E-state index contributed by atoms with van der Waals surface area (Å²) in [6.45, 7) is 1.24. The molecule has 1 aliphatic heterocycles. The summed E-state index contributed by atoms with van der Waals surface area (Å²) >= 11 is 0. The molecular weight excluding hydrogens is 246 g/mol. The van der Waals surface area contributed by atoms with Crippen molar-refractivity contribution in [2.45, 2.75) is 6.42 Å². The number of aliphatic carboxylic acids is 1. The van der Waals surface area contributed by atoms with Crippen LogP contribution in [0.15, 0.2) is 29.8 Å². The van der Waals surface area contributed by atoms with Gasteiger partial charge in [-0.2, -0.15) is 0 Å². The highest BCUT2D eigenvalue weighted by atomic mass is 16.5. The van der Waals surface area contributed by atoms with Crippen molar-refractivity contribution < 1.29 is 19.4 Å². The quantitative estimate of drug-likeness (QED) is 0.899. The van der Waals surface area contributed by atoms with Gasteiger partial charge in [0.15, 0.2) is 0 Å². The molecule has 1 aliphatic rings. The number of benzene rings is 1. The monoisotopic (exact) mass is 263 g/mol. The summed E-state index contributed by atoms with van der Waals surface area (Å²) < 4.78 is 10.5. The summed E-state index contributed by atoms with van der Waals surface area (Å²) in [6, 6.07) is 5.62. The van der Waals surface area contributed by atoms with E-state index >= 15 is 0 Å². The lowest BCUT2D eigenvalue weighted by Crippen LogP contribution is -2.30. The van der Waals surface area contributed by atoms with Crippen molar-refractivity contribution in [1.82, 2.24) is 0 Å². The van der Waals surface area contributed by atoms with Crippen molar-refractivity contribution in [2.75, 3.05) is 32.2 Å². The van der Waals surface area contributed by atoms with Crippen molar-refractivity contribution in [3.05, 3.63) is 29.8 Å². The topological polar surface area (TPSA) is 59.0 Å². The number of carboxylic acids is 1. The molecule has 0 aromatic heterocycles. The smallest absolute Gasteiger partial charge is 0.331 e. The predicted molar refractivity (Wildman–Crippen MR) is 72.1 cm³/mol. The van der Waals surface area contributed by atoms with E-state index in [2.05, 4.69) is 4.90 Å². The average molecular weight is 263 g/mol. The van der Waals surface area contributed by atoms with Crippen molar-refractivity contribution in [1.29, 1.82) is 0 Å². The molecule has 102 valence electrons. The van der Waals surface area contributed by atoms with Crippen LogP contribution in [0.4, 0.5) is 5.69 Å². The molecule has 0 bridgehead atoms. The summed E-state index contributed by atoms with van der Waals surface area (Å²) in [6.07, 6.45) is 2.28. The van der Waals surface area contributed by atoms with Crippen molar-refractivity contribution in [2.24, 2.45) is 0 Å². The minimum Gasteiger partial charge on any atom is -0.497 e. The lowest BCUT2D eigenvalue weighted by molar-refractivity contribution is -0.132. The SMILES string of the molecule is COc1ccc(N2CC=C(C(=O)O)CC2)c(OC)c1. The molecule has 1 heterocycles. The highest BCUT2D eigenvalue weighted by Gasteiger charge is 2.19. The first kappa shape index (κ1) is 13.3. The van der Waals surface area contributed by atoms with Gasteiger partial charge in [-0.15, -0.1) is 0 Å². The first-order valence-corrected chi connectivity index (χ1v) is 6.05. The minimum absolute atomic E-state index is 0.476. The fourth-order valence-electron chi connectivity index (χ4n) is 2.13. The van der Waals surface area contributed by atoms with E-state index in [0.29, 0.717) is 25.1 Å². The highest BCUT2D eigenvalue weighted by molar-refractivity contribution is 5.87. The van der Waals surface area contributed by atoms with Gasteiger partial charge in [0.1, 0.15) is 11.5 Å². The molecule has 2 rings (SSSR count). The zero-order valence-electron chi connectivity index (χ0n) is 11.0. The Kier molecular flexibility index (Phi) is 3.94. The van der Waals surface area contributed by atoms with E-state index < -0.39 is 5.97 Å². The fraction of sp³-hybridized carbons (Fsp3) is 0.357. The molecule has 0 amide bonds. The number of carboxylic acid groups (broad SMARTS) is 1. The molecule has 0 fully saturated rings. The Morgan fingerprint density at radius 2 is 2.11 bits per heavy atom. The normalized spacial score (nSPS) is 14.8. The molecule has 1 aromatic carbocycles. The highest BCUT2D eigenvalue weighted by Crippen LogP contribution is 2.33. The maximum atomic E-state index is 10.9. The van der Waals surface area contributed by atoms with Gasteiger partial charge in [0, 0.05) is 24.7 Å². The van der Waals surface area contributed by atoms with Gasteiger partial charge in [0.05, 0.1) is 19.9 Å². The standard InChI is InChI=1S/C14H17NO4/c1-18-11-3-4-12(13(9-11)19-2)15-7-5-10(6-8-15)14(16)17/h3-5,9H,6-8H2,1-2H3,(H,16,17). The lowest BCUT2D eigenvalue weighted by Gasteiger charge is -2.28. The van der Waals surface area contributed by atoms with E-state index in [-0.39, 0.29) is 0 Å². The Morgan fingerprint density at radius 3 is 2.63 bits per heavy atom. The molecule has 0 saturated carbocycles. The molecule has 0 spiro atoms. The Hall–Kier alpha value is -2.17. The molecule has 5 nitrogen and oxygen atoms in total. The number of anilines is 1. The van der Waals surface area contributed by atoms with Crippen LogP contribution in [-0.4, -0.2) is 38.4 Å². The number of ether oxygens (including phenoxy) is 2. The molecule has 0 atom stereocenters. The minimum atomic E-state index is -0.832. The molecule has 5 heteroatoms. The van der Waals surface area contributed by atoms with Crippen LogP contribution in [0.2, 0.25) is 0 Å². The van der Waals surface area contributed by atoms with E-state index in [9.17, 15) is 4.79 Å². The molecule has 0 aliphatic carbocycles. The van der Waals surface area contributed by atoms with Crippen LogP contribution in [0.3, 0.4) is 0 Å². The summed E-state index contributed by atoms with van der Waals surface area (Å²) in [4.78, 5) is 13.0. The van der Waals surface area contributed by atoms with E-state index in [1.54, 1.807) is 20.3 Å². The molecule has 19 heavy (non-hydrogen) atoms. The number of hydrogen-bond donors (Lipinski definition) is 1. The maximum Gasteiger partial charge on any atom is 0.331 e. The second kappa shape index (κ2) is 5.65. The van der Waals surface area contributed by atoms with E-state index in [0.717, 1.165) is 17.2 Å². The number of carbonyl (C=O) groups is 1. The van der Waals surface area contributed by atoms with Crippen molar-refractivity contribution in [3.63, 3.8) is 0 Å². The van der Waals surface area contributed by atoms with Crippen LogP contribution in [0.5, 0.6) is 11.5 Å². The fourth-order valence-corrected chi connectivity index (χ4v) is 2.13. The zero-order valence-corrected chi connectivity index (χ0v) is 11.0. The van der Waals surface area contributed by atoms with Gasteiger partial charge in [-0.25, -0.2) is 4.79 Å². The second-order valence-corrected chi connectivity index (χ2v) is 4.27. The van der Waals surface area contributed by atoms with Gasteiger partial charge in [0.25, 0.3) is 0 Å². The Bertz CT molecular complexity index is 510. The summed E-state index contributed by atoms with van der Waals surface area (Å²) in [5.74, 6) is 0.632. The van der Waals surface area contributed by atoms with Gasteiger partial charge >= 0.3 is 5.97 Å². The third kappa shape index (κ3) is 2.81. The number of rotatable bonds is 4. The van der Waals surface area contributed by atoms with Gasteiger partial charge in [0.2, 0.25) is 0 Å². The molecule has 0 saturated heterocycles. The van der Waals surface area contributed by atoms with Crippen LogP contribution >= 0.6 is 0 Å². The molecule has 1 N–H and O–H groups in total. The largest absolute Gasteiger partial charge is 0.497 e. The van der Waals surface area contributed by atoms with E-state index in [1.807, 2.05) is 18.2 Å². The van der Waals surface area contributed by atoms with Gasteiger partial charge in [-0.1, -0.05) is 6.08 Å². The van der Waals surface area contributed by atoms with E-state index in [1.165, 1.54) is 0 Å². The van der Waals surface area contributed by atoms with Crippen LogP contribution < -0.4 is 14.4 Å². The van der Waals surface area contributed by atoms with Gasteiger partial charge in [-0.05, 0) is 18.6 Å². The molecular formula is C14H17NO4. The Labute approximate surface area is 112 Å². The first-order chi connectivity index (χ1) is 9.15. The number of hydrogen-bond acceptors (Lipinski definition) is 4. The number of methoxy groups -OCH3 is 2. The zero-order chi connectivity index (χ0) is 13.8. The summed E-state index contributed by atoms with van der Waals surface area (Å²) in [5.41, 5.74) is 1.42. The maximum absolute atomic E-state index is 10.9. The number of nitrogens with zero attached hydrogens (tertiary/aromatic N) is 1. The van der Waals surface area contributed by atoms with Crippen LogP contribution in [0.1, 0.15) is 6.42 Å². The molecule has 0 radical (unpaired) electrons. The van der Waals surface area contributed by atoms with Gasteiger partial charge in [-0.3, -0.25) is 0 Å². The van der Waals surface area contributed by atoms with Crippen molar-refractivity contribution in [3.8, 4) is 11.5 Å². The average Bonchev–Trinajstić information content (AvgIpc) is 2.46. The predicted octanol–water partition coefficient (Wildman–Crippen LogP) is 1.92.